The molecule has 0 aromatic heterocycles. The molecule has 0 radical (unpaired) electrons. The van der Waals surface area contributed by atoms with E-state index in [2.05, 4.69) is 141 Å². The molecule has 1 aliphatic heterocycles. The van der Waals surface area contributed by atoms with Crippen LogP contribution in [0.5, 0.6) is 0 Å². The molecule has 40 heavy (non-hydrogen) atoms. The highest BCUT2D eigenvalue weighted by Crippen LogP contribution is 2.16. The van der Waals surface area contributed by atoms with Crippen molar-refractivity contribution in [3.8, 4) is 0 Å². The highest BCUT2D eigenvalue weighted by Gasteiger charge is 2.20. The van der Waals surface area contributed by atoms with Gasteiger partial charge >= 0.3 is 0 Å². The molecule has 208 valence electrons. The quantitative estimate of drug-likeness (QED) is 0.250. The van der Waals surface area contributed by atoms with Gasteiger partial charge in [0.1, 0.15) is 0 Å². The minimum absolute atomic E-state index is 0.931. The van der Waals surface area contributed by atoms with Crippen molar-refractivity contribution in [3.63, 3.8) is 0 Å². The van der Waals surface area contributed by atoms with Gasteiger partial charge in [0.05, 0.1) is 0 Å². The third-order valence-electron chi connectivity index (χ3n) is 7.83. The van der Waals surface area contributed by atoms with Crippen LogP contribution in [-0.4, -0.2) is 59.1 Å². The Balaban J connectivity index is 1.38. The third-order valence-corrected chi connectivity index (χ3v) is 7.83. The summed E-state index contributed by atoms with van der Waals surface area (Å²) in [5.74, 6) is 0. The predicted octanol–water partition coefficient (Wildman–Crippen LogP) is 6.70. The number of benzene rings is 4. The molecule has 0 bridgehead atoms. The van der Waals surface area contributed by atoms with E-state index in [1.807, 2.05) is 0 Å². The molecule has 0 atom stereocenters. The molecule has 1 fully saturated rings. The fourth-order valence-electron chi connectivity index (χ4n) is 5.70. The lowest BCUT2D eigenvalue weighted by Crippen LogP contribution is -2.47. The van der Waals surface area contributed by atoms with Gasteiger partial charge in [-0.05, 0) is 54.7 Å². The van der Waals surface area contributed by atoms with Gasteiger partial charge in [-0.3, -0.25) is 9.80 Å². The molecular formula is C36H44N4. The van der Waals surface area contributed by atoms with Crippen LogP contribution in [0, 0.1) is 0 Å². The minimum atomic E-state index is 0.931. The molecule has 0 aliphatic carbocycles. The summed E-state index contributed by atoms with van der Waals surface area (Å²) in [7, 11) is 0. The van der Waals surface area contributed by atoms with Gasteiger partial charge in [-0.2, -0.15) is 0 Å². The Labute approximate surface area is 241 Å². The Hall–Kier alpha value is -3.28. The SMILES string of the molecule is c1ccc(CN2CCCN(Cc3ccccc3)CCN(Cc3ccccc3)N(Cc3ccccc3)CCC2)cc1. The van der Waals surface area contributed by atoms with E-state index >= 15 is 0 Å². The molecule has 0 amide bonds. The summed E-state index contributed by atoms with van der Waals surface area (Å²) in [6.07, 6.45) is 2.34. The normalized spacial score (nSPS) is 17.2. The van der Waals surface area contributed by atoms with Crippen LogP contribution in [0.4, 0.5) is 0 Å². The number of rotatable bonds is 8. The van der Waals surface area contributed by atoms with E-state index in [1.165, 1.54) is 28.7 Å². The lowest BCUT2D eigenvalue weighted by molar-refractivity contribution is -0.0507. The number of hydrogen-bond acceptors (Lipinski definition) is 4. The summed E-state index contributed by atoms with van der Waals surface area (Å²) in [4.78, 5) is 5.33. The van der Waals surface area contributed by atoms with Crippen molar-refractivity contribution in [1.29, 1.82) is 0 Å². The zero-order valence-electron chi connectivity index (χ0n) is 23.8. The average molecular weight is 533 g/mol. The van der Waals surface area contributed by atoms with Crippen molar-refractivity contribution in [2.24, 2.45) is 0 Å². The Morgan fingerprint density at radius 3 is 1.07 bits per heavy atom. The second-order valence-electron chi connectivity index (χ2n) is 11.0. The summed E-state index contributed by atoms with van der Waals surface area (Å²) >= 11 is 0. The second-order valence-corrected chi connectivity index (χ2v) is 11.0. The largest absolute Gasteiger partial charge is 0.299 e. The molecule has 0 N–H and O–H groups in total. The monoisotopic (exact) mass is 532 g/mol. The Morgan fingerprint density at radius 2 is 0.650 bits per heavy atom. The Kier molecular flexibility index (Phi) is 10.9. The number of hydrazine groups is 1. The molecule has 0 saturated carbocycles. The molecule has 4 aromatic carbocycles. The Bertz CT molecular complexity index is 1220. The van der Waals surface area contributed by atoms with Crippen LogP contribution in [0.15, 0.2) is 121 Å². The minimum Gasteiger partial charge on any atom is -0.299 e. The maximum Gasteiger partial charge on any atom is 0.0384 e. The molecule has 0 spiro atoms. The topological polar surface area (TPSA) is 13.0 Å². The fourth-order valence-corrected chi connectivity index (χ4v) is 5.70. The highest BCUT2D eigenvalue weighted by atomic mass is 15.6. The van der Waals surface area contributed by atoms with E-state index in [4.69, 9.17) is 0 Å². The first kappa shape index (κ1) is 28.3. The van der Waals surface area contributed by atoms with Gasteiger partial charge in [-0.25, -0.2) is 10.0 Å². The van der Waals surface area contributed by atoms with Crippen molar-refractivity contribution in [3.05, 3.63) is 144 Å². The van der Waals surface area contributed by atoms with E-state index in [9.17, 15) is 0 Å². The second kappa shape index (κ2) is 15.5. The standard InChI is InChI=1S/C36H44N4/c1-5-15-33(16-6-1)29-37-23-13-24-38(30-34-17-7-2-8-18-34)27-28-40(32-36-21-11-4-12-22-36)39(26-14-25-37)31-35-19-9-3-10-20-35/h1-12,15-22H,13-14,23-32H2. The van der Waals surface area contributed by atoms with Crippen molar-refractivity contribution >= 4 is 0 Å². The molecule has 5 rings (SSSR count). The van der Waals surface area contributed by atoms with Gasteiger partial charge in [0.15, 0.2) is 0 Å². The lowest BCUT2D eigenvalue weighted by Gasteiger charge is -2.38. The number of nitrogens with zero attached hydrogens (tertiary/aromatic N) is 4. The molecular weight excluding hydrogens is 488 g/mol. The van der Waals surface area contributed by atoms with Crippen LogP contribution >= 0.6 is 0 Å². The van der Waals surface area contributed by atoms with E-state index in [0.29, 0.717) is 0 Å². The summed E-state index contributed by atoms with van der Waals surface area (Å²) < 4.78 is 0. The average Bonchev–Trinajstić information content (AvgIpc) is 3.00. The van der Waals surface area contributed by atoms with E-state index in [-0.39, 0.29) is 0 Å². The van der Waals surface area contributed by atoms with E-state index < -0.39 is 0 Å². The molecule has 4 aromatic rings. The van der Waals surface area contributed by atoms with Gasteiger partial charge in [0, 0.05) is 45.8 Å². The van der Waals surface area contributed by atoms with Crippen molar-refractivity contribution in [1.82, 2.24) is 19.8 Å². The summed E-state index contributed by atoms with van der Waals surface area (Å²) in [6, 6.07) is 43.9. The molecule has 0 unspecified atom stereocenters. The lowest BCUT2D eigenvalue weighted by atomic mass is 10.1. The summed E-state index contributed by atoms with van der Waals surface area (Å²) in [5, 5.41) is 5.23. The maximum absolute atomic E-state index is 2.67. The molecule has 4 heteroatoms. The highest BCUT2D eigenvalue weighted by molar-refractivity contribution is 5.17. The van der Waals surface area contributed by atoms with Gasteiger partial charge < -0.3 is 0 Å². The van der Waals surface area contributed by atoms with E-state index in [1.54, 1.807) is 0 Å². The first-order valence-corrected chi connectivity index (χ1v) is 14.9. The van der Waals surface area contributed by atoms with Crippen molar-refractivity contribution in [2.75, 3.05) is 39.3 Å². The molecule has 1 aliphatic rings. The van der Waals surface area contributed by atoms with Crippen LogP contribution in [0.2, 0.25) is 0 Å². The molecule has 1 saturated heterocycles. The van der Waals surface area contributed by atoms with Crippen LogP contribution < -0.4 is 0 Å². The third kappa shape index (κ3) is 9.14. The first-order chi connectivity index (χ1) is 19.8. The summed E-state index contributed by atoms with van der Waals surface area (Å²) in [5.41, 5.74) is 5.54. The van der Waals surface area contributed by atoms with Crippen LogP contribution in [0.25, 0.3) is 0 Å². The predicted molar refractivity (Wildman–Crippen MR) is 166 cm³/mol. The summed E-state index contributed by atoms with van der Waals surface area (Å²) in [6.45, 7) is 10.3. The van der Waals surface area contributed by atoms with Crippen LogP contribution in [0.3, 0.4) is 0 Å². The smallest absolute Gasteiger partial charge is 0.0384 e. The van der Waals surface area contributed by atoms with Gasteiger partial charge in [0.2, 0.25) is 0 Å². The zero-order valence-corrected chi connectivity index (χ0v) is 23.8. The Morgan fingerprint density at radius 1 is 0.325 bits per heavy atom. The maximum atomic E-state index is 2.67. The van der Waals surface area contributed by atoms with E-state index in [0.717, 1.165) is 71.9 Å². The molecule has 1 heterocycles. The first-order valence-electron chi connectivity index (χ1n) is 14.9. The van der Waals surface area contributed by atoms with Crippen molar-refractivity contribution in [2.45, 2.75) is 39.0 Å². The zero-order chi connectivity index (χ0) is 27.2. The van der Waals surface area contributed by atoms with Crippen molar-refractivity contribution < 1.29 is 0 Å². The fraction of sp³-hybridized carbons (Fsp3) is 0.333. The van der Waals surface area contributed by atoms with Gasteiger partial charge in [-0.15, -0.1) is 0 Å². The van der Waals surface area contributed by atoms with Gasteiger partial charge in [0.25, 0.3) is 0 Å². The van der Waals surface area contributed by atoms with Crippen LogP contribution in [0.1, 0.15) is 35.1 Å². The molecule has 4 nitrogen and oxygen atoms in total. The number of hydrogen-bond donors (Lipinski definition) is 0. The van der Waals surface area contributed by atoms with Crippen LogP contribution in [-0.2, 0) is 26.2 Å². The van der Waals surface area contributed by atoms with Gasteiger partial charge in [-0.1, -0.05) is 121 Å².